The first-order valence-electron chi connectivity index (χ1n) is 5.32. The van der Waals surface area contributed by atoms with Gasteiger partial charge in [-0.2, -0.15) is 12.6 Å². The molecule has 2 rings (SSSR count). The number of fused-ring (bicyclic) bond motifs is 1. The van der Waals surface area contributed by atoms with Gasteiger partial charge in [-0.3, -0.25) is 4.90 Å². The SMILES string of the molecule is OCC1CC2CCCC(CS)N2C1. The molecule has 3 heteroatoms. The Morgan fingerprint density at radius 1 is 1.38 bits per heavy atom. The first-order chi connectivity index (χ1) is 6.35. The smallest absolute Gasteiger partial charge is 0.0472 e. The molecule has 0 bridgehead atoms. The van der Waals surface area contributed by atoms with Gasteiger partial charge in [0.25, 0.3) is 0 Å². The lowest BCUT2D eigenvalue weighted by Crippen LogP contribution is -2.43. The van der Waals surface area contributed by atoms with Gasteiger partial charge in [0.2, 0.25) is 0 Å². The molecule has 0 radical (unpaired) electrons. The van der Waals surface area contributed by atoms with Crippen LogP contribution >= 0.6 is 12.6 Å². The highest BCUT2D eigenvalue weighted by Crippen LogP contribution is 2.34. The summed E-state index contributed by atoms with van der Waals surface area (Å²) in [6.45, 7) is 1.47. The molecule has 2 heterocycles. The number of aliphatic hydroxyl groups is 1. The minimum absolute atomic E-state index is 0.367. The fourth-order valence-corrected chi connectivity index (χ4v) is 3.25. The standard InChI is InChI=1S/C10H19NOS/c12-6-8-4-9-2-1-3-10(7-13)11(9)5-8/h8-10,12-13H,1-7H2. The van der Waals surface area contributed by atoms with Crippen LogP contribution in [0.3, 0.4) is 0 Å². The summed E-state index contributed by atoms with van der Waals surface area (Å²) in [5, 5.41) is 9.13. The number of hydrogen-bond acceptors (Lipinski definition) is 3. The molecule has 3 unspecified atom stereocenters. The first kappa shape index (κ1) is 9.81. The quantitative estimate of drug-likeness (QED) is 0.655. The molecule has 0 saturated carbocycles. The molecule has 0 aromatic heterocycles. The van der Waals surface area contributed by atoms with E-state index in [1.165, 1.54) is 25.7 Å². The number of nitrogens with zero attached hydrogens (tertiary/aromatic N) is 1. The molecule has 13 heavy (non-hydrogen) atoms. The molecular formula is C10H19NOS. The summed E-state index contributed by atoms with van der Waals surface area (Å²) >= 11 is 4.40. The monoisotopic (exact) mass is 201 g/mol. The van der Waals surface area contributed by atoms with Gasteiger partial charge in [0.1, 0.15) is 0 Å². The molecule has 3 atom stereocenters. The summed E-state index contributed by atoms with van der Waals surface area (Å²) in [6, 6.07) is 1.43. The normalized spacial score (nSPS) is 40.6. The van der Waals surface area contributed by atoms with E-state index >= 15 is 0 Å². The lowest BCUT2D eigenvalue weighted by molar-refractivity contribution is 0.133. The second-order valence-electron chi connectivity index (χ2n) is 4.40. The van der Waals surface area contributed by atoms with Crippen molar-refractivity contribution in [2.45, 2.75) is 37.8 Å². The molecule has 1 N–H and O–H groups in total. The summed E-state index contributed by atoms with van der Waals surface area (Å²) in [5.74, 6) is 1.51. The van der Waals surface area contributed by atoms with Crippen LogP contribution in [0.4, 0.5) is 0 Å². The van der Waals surface area contributed by atoms with Crippen molar-refractivity contribution in [3.05, 3.63) is 0 Å². The van der Waals surface area contributed by atoms with Crippen LogP contribution in [0, 0.1) is 5.92 Å². The van der Waals surface area contributed by atoms with Gasteiger partial charge in [0, 0.05) is 31.0 Å². The molecule has 0 aliphatic carbocycles. The van der Waals surface area contributed by atoms with E-state index in [4.69, 9.17) is 5.11 Å². The summed E-state index contributed by atoms with van der Waals surface area (Å²) < 4.78 is 0. The van der Waals surface area contributed by atoms with Gasteiger partial charge in [0.15, 0.2) is 0 Å². The Morgan fingerprint density at radius 2 is 2.23 bits per heavy atom. The van der Waals surface area contributed by atoms with Crippen LogP contribution in [0.15, 0.2) is 0 Å². The predicted molar refractivity (Wildman–Crippen MR) is 57.2 cm³/mol. The highest BCUT2D eigenvalue weighted by atomic mass is 32.1. The van der Waals surface area contributed by atoms with Crippen molar-refractivity contribution in [3.8, 4) is 0 Å². The molecule has 0 aromatic carbocycles. The van der Waals surface area contributed by atoms with E-state index in [0.29, 0.717) is 18.6 Å². The van der Waals surface area contributed by atoms with Crippen LogP contribution in [-0.4, -0.2) is 41.0 Å². The Labute approximate surface area is 85.7 Å². The zero-order chi connectivity index (χ0) is 9.26. The molecule has 0 aromatic rings. The van der Waals surface area contributed by atoms with Gasteiger partial charge < -0.3 is 5.11 Å². The Hall–Kier alpha value is 0.270. The zero-order valence-electron chi connectivity index (χ0n) is 8.02. The van der Waals surface area contributed by atoms with Crippen molar-refractivity contribution in [3.63, 3.8) is 0 Å². The molecule has 2 aliphatic rings. The molecule has 2 fully saturated rings. The molecule has 2 nitrogen and oxygen atoms in total. The van der Waals surface area contributed by atoms with Gasteiger partial charge in [-0.1, -0.05) is 6.42 Å². The van der Waals surface area contributed by atoms with E-state index < -0.39 is 0 Å². The molecule has 0 spiro atoms. The topological polar surface area (TPSA) is 23.5 Å². The van der Waals surface area contributed by atoms with Crippen molar-refractivity contribution >= 4 is 12.6 Å². The van der Waals surface area contributed by atoms with Crippen molar-refractivity contribution in [1.29, 1.82) is 0 Å². The molecule has 2 saturated heterocycles. The summed E-state index contributed by atoms with van der Waals surface area (Å²) in [4.78, 5) is 2.58. The van der Waals surface area contributed by atoms with E-state index in [2.05, 4.69) is 17.5 Å². The minimum Gasteiger partial charge on any atom is -0.396 e. The van der Waals surface area contributed by atoms with E-state index in [1.54, 1.807) is 0 Å². The maximum atomic E-state index is 9.13. The van der Waals surface area contributed by atoms with Crippen molar-refractivity contribution in [2.24, 2.45) is 5.92 Å². The second-order valence-corrected chi connectivity index (χ2v) is 4.77. The van der Waals surface area contributed by atoms with Gasteiger partial charge in [0.05, 0.1) is 0 Å². The van der Waals surface area contributed by atoms with Crippen LogP contribution in [0.2, 0.25) is 0 Å². The van der Waals surface area contributed by atoms with E-state index in [0.717, 1.165) is 18.3 Å². The molecule has 2 aliphatic heterocycles. The van der Waals surface area contributed by atoms with Gasteiger partial charge in [-0.15, -0.1) is 0 Å². The predicted octanol–water partition coefficient (Wildman–Crippen LogP) is 1.15. The van der Waals surface area contributed by atoms with Crippen LogP contribution in [0.5, 0.6) is 0 Å². The van der Waals surface area contributed by atoms with Gasteiger partial charge >= 0.3 is 0 Å². The third-order valence-corrected chi connectivity index (χ3v) is 3.98. The van der Waals surface area contributed by atoms with Gasteiger partial charge in [-0.25, -0.2) is 0 Å². The molecule has 0 amide bonds. The average molecular weight is 201 g/mol. The van der Waals surface area contributed by atoms with Crippen molar-refractivity contribution in [1.82, 2.24) is 4.90 Å². The number of thiol groups is 1. The van der Waals surface area contributed by atoms with Crippen LogP contribution in [0.1, 0.15) is 25.7 Å². The van der Waals surface area contributed by atoms with E-state index in [-0.39, 0.29) is 0 Å². The maximum absolute atomic E-state index is 9.13. The second kappa shape index (κ2) is 4.20. The summed E-state index contributed by atoms with van der Waals surface area (Å²) in [6.07, 6.45) is 5.20. The fraction of sp³-hybridized carbons (Fsp3) is 1.00. The average Bonchev–Trinajstić information content (AvgIpc) is 2.59. The van der Waals surface area contributed by atoms with Crippen LogP contribution < -0.4 is 0 Å². The zero-order valence-corrected chi connectivity index (χ0v) is 8.92. The number of hydrogen-bond donors (Lipinski definition) is 2. The summed E-state index contributed by atoms with van der Waals surface area (Å²) in [7, 11) is 0. The summed E-state index contributed by atoms with van der Waals surface area (Å²) in [5.41, 5.74) is 0. The van der Waals surface area contributed by atoms with E-state index in [1.807, 2.05) is 0 Å². The van der Waals surface area contributed by atoms with Crippen molar-refractivity contribution in [2.75, 3.05) is 18.9 Å². The van der Waals surface area contributed by atoms with Gasteiger partial charge in [-0.05, 0) is 25.2 Å². The fourth-order valence-electron chi connectivity index (χ4n) is 2.86. The Kier molecular flexibility index (Phi) is 3.17. The Morgan fingerprint density at radius 3 is 2.92 bits per heavy atom. The van der Waals surface area contributed by atoms with Crippen LogP contribution in [0.25, 0.3) is 0 Å². The number of aliphatic hydroxyl groups excluding tert-OH is 1. The molecule has 76 valence electrons. The van der Waals surface area contributed by atoms with Crippen LogP contribution in [-0.2, 0) is 0 Å². The Balaban J connectivity index is 1.99. The third kappa shape index (κ3) is 1.88. The highest BCUT2D eigenvalue weighted by molar-refractivity contribution is 7.80. The highest BCUT2D eigenvalue weighted by Gasteiger charge is 2.37. The minimum atomic E-state index is 0.367. The Bertz CT molecular complexity index is 176. The number of rotatable bonds is 2. The lowest BCUT2D eigenvalue weighted by Gasteiger charge is -2.36. The first-order valence-corrected chi connectivity index (χ1v) is 5.96. The van der Waals surface area contributed by atoms with E-state index in [9.17, 15) is 0 Å². The third-order valence-electron chi connectivity index (χ3n) is 3.56. The maximum Gasteiger partial charge on any atom is 0.0472 e. The lowest BCUT2D eigenvalue weighted by atomic mass is 9.96. The molecular weight excluding hydrogens is 182 g/mol. The largest absolute Gasteiger partial charge is 0.396 e. The van der Waals surface area contributed by atoms with Crippen molar-refractivity contribution < 1.29 is 5.11 Å². The number of piperidine rings is 1.